The van der Waals surface area contributed by atoms with Crippen LogP contribution < -0.4 is 18.9 Å². The van der Waals surface area contributed by atoms with Crippen molar-refractivity contribution in [3.63, 3.8) is 0 Å². The van der Waals surface area contributed by atoms with Gasteiger partial charge in [-0.25, -0.2) is 0 Å². The Hall–Kier alpha value is 1.84. The van der Waals surface area contributed by atoms with E-state index in [0.29, 0.717) is 0 Å². The molecule has 0 aromatic carbocycles. The Labute approximate surface area is 88.7 Å². The molecule has 0 aromatic rings. The van der Waals surface area contributed by atoms with E-state index in [-0.39, 0.29) is 62.0 Å². The van der Waals surface area contributed by atoms with E-state index in [0.717, 1.165) is 0 Å². The van der Waals surface area contributed by atoms with Crippen molar-refractivity contribution in [1.29, 1.82) is 0 Å². The zero-order chi connectivity index (χ0) is 4.50. The van der Waals surface area contributed by atoms with Gasteiger partial charge in [0.2, 0.25) is 0 Å². The first-order valence-electron chi connectivity index (χ1n) is 0.698. The van der Waals surface area contributed by atoms with Crippen LogP contribution in [0.2, 0.25) is 0 Å². The molecule has 4 nitrogen and oxygen atoms in total. The van der Waals surface area contributed by atoms with E-state index in [1.807, 2.05) is 0 Å². The van der Waals surface area contributed by atoms with Crippen LogP contribution in [0.15, 0.2) is 0 Å². The van der Waals surface area contributed by atoms with Crippen molar-refractivity contribution in [3.05, 3.63) is 0 Å². The molecular weight excluding hydrogens is 243 g/mol. The molecule has 0 unspecified atom stereocenters. The average molecular weight is 246 g/mol. The zero-order valence-corrected chi connectivity index (χ0v) is 7.58. The third-order valence-corrected chi connectivity index (χ3v) is 0. The van der Waals surface area contributed by atoms with Crippen LogP contribution in [0, 0.1) is 41.7 Å². The van der Waals surface area contributed by atoms with Crippen molar-refractivity contribution in [2.75, 3.05) is 0 Å². The predicted molar refractivity (Wildman–Crippen MR) is 15.3 cm³/mol. The summed E-state index contributed by atoms with van der Waals surface area (Å²) in [6.07, 6.45) is 0. The van der Waals surface area contributed by atoms with Crippen LogP contribution >= 0.6 is 0 Å². The summed E-state index contributed by atoms with van der Waals surface area (Å²) in [5.41, 5.74) is 0. The van der Waals surface area contributed by atoms with Crippen LogP contribution in [0.4, 0.5) is 0 Å². The van der Waals surface area contributed by atoms with Gasteiger partial charge in [-0.05, 0) is 0 Å². The molecule has 7 heteroatoms. The summed E-state index contributed by atoms with van der Waals surface area (Å²) in [7, 11) is -4.67. The van der Waals surface area contributed by atoms with Crippen molar-refractivity contribution >= 4 is 10.4 Å². The summed E-state index contributed by atoms with van der Waals surface area (Å²) < 4.78 is 31.6. The fourth-order valence-corrected chi connectivity index (χ4v) is 0. The van der Waals surface area contributed by atoms with Crippen LogP contribution in [0.3, 0.4) is 0 Å². The summed E-state index contributed by atoms with van der Waals surface area (Å²) in [6.45, 7) is 0. The van der Waals surface area contributed by atoms with Crippen molar-refractivity contribution in [2.45, 2.75) is 0 Å². The van der Waals surface area contributed by atoms with E-state index in [1.54, 1.807) is 0 Å². The molecule has 38 valence electrons. The van der Waals surface area contributed by atoms with Crippen LogP contribution in [0.1, 0.15) is 1.43 Å². The first-order chi connectivity index (χ1) is 2.00. The number of rotatable bonds is 0. The molecule has 0 saturated heterocycles. The summed E-state index contributed by atoms with van der Waals surface area (Å²) in [4.78, 5) is 0. The van der Waals surface area contributed by atoms with Gasteiger partial charge in [-0.2, -0.15) is 8.42 Å². The molecule has 0 aliphatic carbocycles. The minimum absolute atomic E-state index is 0. The second-order valence-corrected chi connectivity index (χ2v) is 1.34. The van der Waals surface area contributed by atoms with E-state index >= 15 is 0 Å². The summed E-state index contributed by atoms with van der Waals surface area (Å²) in [6, 6.07) is 0. The van der Waals surface area contributed by atoms with Crippen molar-refractivity contribution in [3.8, 4) is 0 Å². The molecule has 0 aromatic heterocycles. The molecule has 0 atom stereocenters. The van der Waals surface area contributed by atoms with Gasteiger partial charge in [0.05, 0.1) is 0 Å². The molecule has 0 bridgehead atoms. The van der Waals surface area contributed by atoms with Crippen LogP contribution in [0.5, 0.6) is 0 Å². The Morgan fingerprint density at radius 3 is 1.29 bits per heavy atom. The van der Waals surface area contributed by atoms with Crippen molar-refractivity contribution in [2.24, 2.45) is 0 Å². The van der Waals surface area contributed by atoms with E-state index < -0.39 is 10.4 Å². The second kappa shape index (κ2) is 5.97. The standard InChI is InChI=1S/Ce.Li.H2O4S.H/c;;1-5(2,3)4;/h;;(H2,1,2,3,4);/q;+1;;-1. The first-order valence-corrected chi connectivity index (χ1v) is 2.10. The second-order valence-electron chi connectivity index (χ2n) is 0.448. The molecule has 0 rings (SSSR count). The van der Waals surface area contributed by atoms with Gasteiger partial charge in [-0.1, -0.05) is 0 Å². The van der Waals surface area contributed by atoms with Gasteiger partial charge in [0.25, 0.3) is 0 Å². The molecule has 2 N–H and O–H groups in total. The summed E-state index contributed by atoms with van der Waals surface area (Å²) in [5.74, 6) is 0. The summed E-state index contributed by atoms with van der Waals surface area (Å²) >= 11 is 0. The Morgan fingerprint density at radius 1 is 1.29 bits per heavy atom. The van der Waals surface area contributed by atoms with Gasteiger partial charge in [-0.3, -0.25) is 9.11 Å². The molecule has 0 radical (unpaired) electrons. The average Bonchev–Trinajstić information content (AvgIpc) is 0.722. The molecule has 0 aliphatic heterocycles. The SMILES string of the molecule is O=S(=O)(O)O.[Ce].[H-].[Li+]. The Kier molecular flexibility index (Phi) is 13.6. The zero-order valence-electron chi connectivity index (χ0n) is 4.62. The molecule has 0 saturated carbocycles. The smallest absolute Gasteiger partial charge is 1.00 e. The molecule has 7 heavy (non-hydrogen) atoms. The first kappa shape index (κ1) is 15.9. The summed E-state index contributed by atoms with van der Waals surface area (Å²) in [5, 5.41) is 0. The van der Waals surface area contributed by atoms with Crippen molar-refractivity contribution in [1.82, 2.24) is 0 Å². The third-order valence-electron chi connectivity index (χ3n) is 0. The van der Waals surface area contributed by atoms with Gasteiger partial charge in [0, 0.05) is 41.7 Å². The van der Waals surface area contributed by atoms with E-state index in [9.17, 15) is 0 Å². The van der Waals surface area contributed by atoms with E-state index in [4.69, 9.17) is 17.5 Å². The Bertz CT molecular complexity index is 99.2. The minimum atomic E-state index is -4.67. The maximum atomic E-state index is 8.74. The van der Waals surface area contributed by atoms with E-state index in [1.165, 1.54) is 0 Å². The fourth-order valence-electron chi connectivity index (χ4n) is 0. The van der Waals surface area contributed by atoms with Crippen LogP contribution in [-0.4, -0.2) is 17.5 Å². The third kappa shape index (κ3) is 78.8. The normalized spacial score (nSPS) is 8.29. The quantitative estimate of drug-likeness (QED) is 0.343. The molecule has 0 aliphatic rings. The number of hydrogen-bond acceptors (Lipinski definition) is 2. The van der Waals surface area contributed by atoms with Crippen LogP contribution in [-0.2, 0) is 10.4 Å². The van der Waals surface area contributed by atoms with E-state index in [2.05, 4.69) is 0 Å². The number of hydrogen-bond donors (Lipinski definition) is 2. The molecule has 0 spiro atoms. The van der Waals surface area contributed by atoms with Gasteiger partial charge < -0.3 is 1.43 Å². The monoisotopic (exact) mass is 246 g/mol. The maximum absolute atomic E-state index is 8.74. The van der Waals surface area contributed by atoms with Gasteiger partial charge >= 0.3 is 29.3 Å². The van der Waals surface area contributed by atoms with Gasteiger partial charge in [-0.15, -0.1) is 0 Å². The maximum Gasteiger partial charge on any atom is 1.00 e. The molecular formula is H3CeLiO4S. The largest absolute Gasteiger partial charge is 1.00 e. The Balaban J connectivity index is -0.0000000267. The molecule has 0 amide bonds. The van der Waals surface area contributed by atoms with Gasteiger partial charge in [0.1, 0.15) is 0 Å². The fraction of sp³-hybridized carbons (Fsp3) is 0. The molecule has 0 fully saturated rings. The molecule has 0 heterocycles. The van der Waals surface area contributed by atoms with Gasteiger partial charge in [0.15, 0.2) is 0 Å². The minimum Gasteiger partial charge on any atom is -1.00 e. The predicted octanol–water partition coefficient (Wildman–Crippen LogP) is -3.54. The topological polar surface area (TPSA) is 74.6 Å². The van der Waals surface area contributed by atoms with Crippen molar-refractivity contribution < 1.29 is 79.6 Å². The Morgan fingerprint density at radius 2 is 1.29 bits per heavy atom. The van der Waals surface area contributed by atoms with Crippen LogP contribution in [0.25, 0.3) is 0 Å².